The van der Waals surface area contributed by atoms with E-state index in [1.807, 2.05) is 24.3 Å². The van der Waals surface area contributed by atoms with E-state index in [-0.39, 0.29) is 5.91 Å². The van der Waals surface area contributed by atoms with E-state index in [4.69, 9.17) is 4.74 Å². The Bertz CT molecular complexity index is 713. The number of nitrogens with one attached hydrogen (secondary N) is 1. The van der Waals surface area contributed by atoms with Crippen molar-refractivity contribution in [2.45, 2.75) is 12.8 Å². The van der Waals surface area contributed by atoms with E-state index in [1.165, 1.54) is 11.3 Å². The standard InChI is InChI=1S/C22H29N3O2/c1-27-21-9-5-6-19(18-21)10-12-23-22(26)11-13-24-14-16-25(17-15-24)20-7-3-2-4-8-20/h2-9,18H,10-17H2,1H3,(H,23,26). The van der Waals surface area contributed by atoms with Gasteiger partial charge in [0.15, 0.2) is 0 Å². The van der Waals surface area contributed by atoms with Crippen LogP contribution in [0.25, 0.3) is 0 Å². The predicted octanol–water partition coefficient (Wildman–Crippen LogP) is 2.57. The van der Waals surface area contributed by atoms with Gasteiger partial charge in [-0.1, -0.05) is 30.3 Å². The fourth-order valence-corrected chi connectivity index (χ4v) is 3.39. The molecule has 0 aliphatic carbocycles. The van der Waals surface area contributed by atoms with E-state index in [9.17, 15) is 4.79 Å². The lowest BCUT2D eigenvalue weighted by Gasteiger charge is -2.36. The van der Waals surface area contributed by atoms with Crippen LogP contribution in [0.15, 0.2) is 54.6 Å². The van der Waals surface area contributed by atoms with Crippen molar-refractivity contribution in [3.8, 4) is 5.75 Å². The third kappa shape index (κ3) is 6.00. The first-order valence-corrected chi connectivity index (χ1v) is 9.66. The highest BCUT2D eigenvalue weighted by Crippen LogP contribution is 2.15. The number of piperazine rings is 1. The molecule has 3 rings (SSSR count). The summed E-state index contributed by atoms with van der Waals surface area (Å²) in [6, 6.07) is 18.5. The molecule has 0 spiro atoms. The Labute approximate surface area is 161 Å². The molecule has 1 aliphatic heterocycles. The fraction of sp³-hybridized carbons (Fsp3) is 0.409. The molecule has 1 fully saturated rings. The number of benzene rings is 2. The molecule has 0 unspecified atom stereocenters. The number of ether oxygens (including phenoxy) is 1. The molecule has 5 heteroatoms. The molecule has 1 N–H and O–H groups in total. The predicted molar refractivity (Wildman–Crippen MR) is 109 cm³/mol. The number of hydrogen-bond donors (Lipinski definition) is 1. The fourth-order valence-electron chi connectivity index (χ4n) is 3.39. The van der Waals surface area contributed by atoms with E-state index in [2.05, 4.69) is 45.4 Å². The Morgan fingerprint density at radius 1 is 1.04 bits per heavy atom. The maximum Gasteiger partial charge on any atom is 0.221 e. The summed E-state index contributed by atoms with van der Waals surface area (Å²) in [4.78, 5) is 16.9. The van der Waals surface area contributed by atoms with Crippen molar-refractivity contribution >= 4 is 11.6 Å². The second-order valence-electron chi connectivity index (χ2n) is 6.87. The normalized spacial score (nSPS) is 14.8. The lowest BCUT2D eigenvalue weighted by atomic mass is 10.1. The molecule has 1 aliphatic rings. The van der Waals surface area contributed by atoms with Gasteiger partial charge < -0.3 is 15.0 Å². The van der Waals surface area contributed by atoms with Gasteiger partial charge >= 0.3 is 0 Å². The second-order valence-corrected chi connectivity index (χ2v) is 6.87. The van der Waals surface area contributed by atoms with Gasteiger partial charge in [0.2, 0.25) is 5.91 Å². The molecular weight excluding hydrogens is 338 g/mol. The SMILES string of the molecule is COc1cccc(CCNC(=O)CCN2CCN(c3ccccc3)CC2)c1. The van der Waals surface area contributed by atoms with Crippen molar-refractivity contribution in [3.63, 3.8) is 0 Å². The number of methoxy groups -OCH3 is 1. The quantitative estimate of drug-likeness (QED) is 0.779. The van der Waals surface area contributed by atoms with Gasteiger partial charge in [0.05, 0.1) is 7.11 Å². The van der Waals surface area contributed by atoms with Gasteiger partial charge in [0.1, 0.15) is 5.75 Å². The molecule has 2 aromatic carbocycles. The summed E-state index contributed by atoms with van der Waals surface area (Å²) in [6.07, 6.45) is 1.38. The molecule has 144 valence electrons. The Balaban J connectivity index is 1.31. The summed E-state index contributed by atoms with van der Waals surface area (Å²) >= 11 is 0. The van der Waals surface area contributed by atoms with Gasteiger partial charge in [0, 0.05) is 51.4 Å². The highest BCUT2D eigenvalue weighted by molar-refractivity contribution is 5.76. The minimum atomic E-state index is 0.128. The van der Waals surface area contributed by atoms with Crippen LogP contribution < -0.4 is 15.0 Å². The number of hydrogen-bond acceptors (Lipinski definition) is 4. The summed E-state index contributed by atoms with van der Waals surface area (Å²) in [5, 5.41) is 3.03. The monoisotopic (exact) mass is 367 g/mol. The topological polar surface area (TPSA) is 44.8 Å². The first-order valence-electron chi connectivity index (χ1n) is 9.66. The molecule has 1 heterocycles. The maximum absolute atomic E-state index is 12.1. The lowest BCUT2D eigenvalue weighted by molar-refractivity contribution is -0.121. The molecule has 1 saturated heterocycles. The Hall–Kier alpha value is -2.53. The summed E-state index contributed by atoms with van der Waals surface area (Å²) < 4.78 is 5.23. The van der Waals surface area contributed by atoms with Crippen LogP contribution in [-0.4, -0.2) is 57.2 Å². The third-order valence-corrected chi connectivity index (χ3v) is 5.02. The molecule has 0 radical (unpaired) electrons. The molecule has 0 atom stereocenters. The van der Waals surface area contributed by atoms with Crippen molar-refractivity contribution in [2.24, 2.45) is 0 Å². The van der Waals surface area contributed by atoms with E-state index in [0.29, 0.717) is 13.0 Å². The van der Waals surface area contributed by atoms with Crippen LogP contribution in [0.2, 0.25) is 0 Å². The molecule has 1 amide bonds. The average molecular weight is 367 g/mol. The first kappa shape index (κ1) is 19.2. The van der Waals surface area contributed by atoms with Crippen molar-refractivity contribution in [3.05, 3.63) is 60.2 Å². The zero-order valence-electron chi connectivity index (χ0n) is 16.1. The van der Waals surface area contributed by atoms with E-state index >= 15 is 0 Å². The van der Waals surface area contributed by atoms with E-state index in [0.717, 1.165) is 44.9 Å². The average Bonchev–Trinajstić information content (AvgIpc) is 2.73. The second kappa shape index (κ2) is 9.97. The Kier molecular flexibility index (Phi) is 7.11. The minimum absolute atomic E-state index is 0.128. The van der Waals surface area contributed by atoms with Crippen LogP contribution in [0.5, 0.6) is 5.75 Å². The number of anilines is 1. The van der Waals surface area contributed by atoms with Crippen LogP contribution in [0.4, 0.5) is 5.69 Å². The number of para-hydroxylation sites is 1. The van der Waals surface area contributed by atoms with Crippen molar-refractivity contribution in [2.75, 3.05) is 51.3 Å². The summed E-state index contributed by atoms with van der Waals surface area (Å²) in [6.45, 7) is 5.53. The van der Waals surface area contributed by atoms with E-state index in [1.54, 1.807) is 7.11 Å². The van der Waals surface area contributed by atoms with E-state index < -0.39 is 0 Å². The molecular formula is C22H29N3O2. The molecule has 2 aromatic rings. The van der Waals surface area contributed by atoms with Crippen molar-refractivity contribution in [1.29, 1.82) is 0 Å². The van der Waals surface area contributed by atoms with Crippen LogP contribution >= 0.6 is 0 Å². The summed E-state index contributed by atoms with van der Waals surface area (Å²) in [7, 11) is 1.67. The lowest BCUT2D eigenvalue weighted by Crippen LogP contribution is -2.47. The number of amides is 1. The number of carbonyl (C=O) groups excluding carboxylic acids is 1. The van der Waals surface area contributed by atoms with Gasteiger partial charge in [-0.05, 0) is 36.2 Å². The summed E-state index contributed by atoms with van der Waals surface area (Å²) in [5.41, 5.74) is 2.46. The van der Waals surface area contributed by atoms with Crippen LogP contribution in [0, 0.1) is 0 Å². The highest BCUT2D eigenvalue weighted by Gasteiger charge is 2.17. The largest absolute Gasteiger partial charge is 0.497 e. The van der Waals surface area contributed by atoms with Gasteiger partial charge in [-0.15, -0.1) is 0 Å². The first-order chi connectivity index (χ1) is 13.2. The van der Waals surface area contributed by atoms with Gasteiger partial charge in [-0.25, -0.2) is 0 Å². The highest BCUT2D eigenvalue weighted by atomic mass is 16.5. The molecule has 0 saturated carbocycles. The Morgan fingerprint density at radius 2 is 1.81 bits per heavy atom. The molecule has 27 heavy (non-hydrogen) atoms. The van der Waals surface area contributed by atoms with Gasteiger partial charge in [-0.3, -0.25) is 9.69 Å². The molecule has 0 bridgehead atoms. The van der Waals surface area contributed by atoms with Gasteiger partial charge in [0.25, 0.3) is 0 Å². The Morgan fingerprint density at radius 3 is 2.56 bits per heavy atom. The van der Waals surface area contributed by atoms with Crippen LogP contribution in [-0.2, 0) is 11.2 Å². The van der Waals surface area contributed by atoms with Crippen molar-refractivity contribution < 1.29 is 9.53 Å². The maximum atomic E-state index is 12.1. The van der Waals surface area contributed by atoms with Crippen LogP contribution in [0.1, 0.15) is 12.0 Å². The minimum Gasteiger partial charge on any atom is -0.497 e. The third-order valence-electron chi connectivity index (χ3n) is 5.02. The van der Waals surface area contributed by atoms with Gasteiger partial charge in [-0.2, -0.15) is 0 Å². The molecule has 0 aromatic heterocycles. The zero-order chi connectivity index (χ0) is 18.9. The number of carbonyl (C=O) groups is 1. The summed E-state index contributed by atoms with van der Waals surface area (Å²) in [5.74, 6) is 0.983. The zero-order valence-corrected chi connectivity index (χ0v) is 16.1. The van der Waals surface area contributed by atoms with Crippen LogP contribution in [0.3, 0.4) is 0 Å². The number of rotatable bonds is 8. The van der Waals surface area contributed by atoms with Crippen molar-refractivity contribution in [1.82, 2.24) is 10.2 Å². The molecule has 5 nitrogen and oxygen atoms in total. The smallest absolute Gasteiger partial charge is 0.221 e. The number of nitrogens with zero attached hydrogens (tertiary/aromatic N) is 2.